The van der Waals surface area contributed by atoms with Crippen LogP contribution < -0.4 is 40.7 Å². The van der Waals surface area contributed by atoms with Crippen LogP contribution in [0.3, 0.4) is 0 Å². The molecule has 0 bridgehead atoms. The number of carbonyl (C=O) groups excluding carboxylic acids is 9. The minimum Gasteiger partial charge on any atom is -0.462 e. The summed E-state index contributed by atoms with van der Waals surface area (Å²) in [4.78, 5) is 131. The molecule has 4 aromatic rings. The van der Waals surface area contributed by atoms with Gasteiger partial charge in [0.15, 0.2) is 66.2 Å². The second-order valence-corrected chi connectivity index (χ2v) is 40.4. The molecule has 3 amide bonds. The monoisotopic (exact) mass is 2150 g/mol. The molecule has 0 aliphatic carbocycles. The van der Waals surface area contributed by atoms with Crippen LogP contribution in [0.5, 0.6) is 17.2 Å². The zero-order valence-corrected chi connectivity index (χ0v) is 82.9. The lowest BCUT2D eigenvalue weighted by Crippen LogP contribution is -2.52. The van der Waals surface area contributed by atoms with Crippen molar-refractivity contribution in [2.45, 2.75) is 214 Å². The number of allylic oxidation sites excluding steroid dienone is 3. The highest BCUT2D eigenvalue weighted by Gasteiger charge is 2.71. The molecule has 0 radical (unpaired) electrons. The third kappa shape index (κ3) is 33.1. The molecule has 3 aromatic carbocycles. The number of rotatable bonds is 30. The van der Waals surface area contributed by atoms with Crippen molar-refractivity contribution in [3.05, 3.63) is 234 Å². The Morgan fingerprint density at radius 3 is 1.14 bits per heavy atom. The van der Waals surface area contributed by atoms with Gasteiger partial charge >= 0.3 is 44.3 Å². The maximum Gasteiger partial charge on any atom is 0.459 e. The van der Waals surface area contributed by atoms with Gasteiger partial charge in [0.25, 0.3) is 23.1 Å². The summed E-state index contributed by atoms with van der Waals surface area (Å²) in [6, 6.07) is 22.8. The topological polar surface area (TPSA) is 542 Å². The van der Waals surface area contributed by atoms with Crippen molar-refractivity contribution in [2.75, 3.05) is 26.4 Å². The van der Waals surface area contributed by atoms with Gasteiger partial charge in [-0.1, -0.05) is 87.8 Å². The van der Waals surface area contributed by atoms with Crippen LogP contribution in [0.2, 0.25) is 0 Å². The summed E-state index contributed by atoms with van der Waals surface area (Å²) in [5, 5.41) is 62.0. The van der Waals surface area contributed by atoms with E-state index in [1.807, 2.05) is 4.98 Å². The summed E-state index contributed by atoms with van der Waals surface area (Å²) in [7, 11) is -4.64. The average molecular weight is 2160 g/mol. The Morgan fingerprint density at radius 2 is 0.810 bits per heavy atom. The number of aliphatic hydroxyl groups excluding tert-OH is 6. The van der Waals surface area contributed by atoms with Crippen LogP contribution in [-0.2, 0) is 94.5 Å². The highest BCUT2D eigenvalue weighted by Crippen LogP contribution is 2.58. The molecule has 4 saturated heterocycles. The number of nitrogens with one attached hydrogen (secondary N) is 3. The zero-order chi connectivity index (χ0) is 107. The van der Waals surface area contributed by atoms with E-state index >= 15 is 13.2 Å². The molecule has 21 atom stereocenters. The van der Waals surface area contributed by atoms with Gasteiger partial charge in [0.05, 0.1) is 43.5 Å². The molecular weight excluding hydrogens is 2050 g/mol. The molecule has 7 aliphatic heterocycles. The number of alkyl halides is 8. The van der Waals surface area contributed by atoms with Crippen LogP contribution in [0.1, 0.15) is 94.7 Å². The number of hydrogen-bond acceptors (Lipinski definition) is 32. The van der Waals surface area contributed by atoms with E-state index in [0.717, 1.165) is 60.1 Å². The minimum absolute atomic E-state index is 0. The molecule has 2 unspecified atom stereocenters. The van der Waals surface area contributed by atoms with E-state index in [1.54, 1.807) is 127 Å². The Hall–Kier alpha value is -10.4. The first-order valence-electron chi connectivity index (χ1n) is 41.6. The van der Waals surface area contributed by atoms with E-state index in [9.17, 15) is 104 Å². The van der Waals surface area contributed by atoms with Gasteiger partial charge in [0.2, 0.25) is 40.6 Å². The van der Waals surface area contributed by atoms with E-state index < -0.39 is 244 Å². The molecule has 11 N–H and O–H groups in total. The molecule has 1 aromatic heterocycles. The van der Waals surface area contributed by atoms with Crippen molar-refractivity contribution in [1.82, 2.24) is 34.4 Å². The van der Waals surface area contributed by atoms with Crippen molar-refractivity contribution in [1.29, 1.82) is 0 Å². The lowest BCUT2D eigenvalue weighted by atomic mass is 9.86. The number of hydrogen-bond donors (Lipinski definition) is 10. The molecule has 0 saturated carbocycles. The quantitative estimate of drug-likeness (QED) is 0.00579. The first-order valence-corrected chi connectivity index (χ1v) is 49.2. The van der Waals surface area contributed by atoms with E-state index in [0.29, 0.717) is 44.1 Å². The van der Waals surface area contributed by atoms with Crippen LogP contribution >= 0.6 is 66.8 Å². The second kappa shape index (κ2) is 52.9. The summed E-state index contributed by atoms with van der Waals surface area (Å²) < 4.78 is 211. The number of aromatic amines is 1. The first-order chi connectivity index (χ1) is 65.5. The predicted octanol–water partition coefficient (Wildman–Crippen LogP) is 10.4. The lowest BCUT2D eigenvalue weighted by Gasteiger charge is -2.33. The zero-order valence-electron chi connectivity index (χ0n) is 77.1. The molecular formula is C88H105Cl4F8N8O31P3. The summed E-state index contributed by atoms with van der Waals surface area (Å²) in [6.07, 6.45) is -11.3. The molecule has 7 aliphatic rings. The Labute approximate surface area is 827 Å². The second-order valence-electron chi connectivity index (χ2n) is 31.8. The van der Waals surface area contributed by atoms with Crippen molar-refractivity contribution >= 4 is 120 Å². The smallest absolute Gasteiger partial charge is 0.459 e. The predicted molar refractivity (Wildman–Crippen MR) is 494 cm³/mol. The number of esters is 3. The normalized spacial score (nSPS) is 28.7. The number of benzene rings is 3. The molecule has 54 heteroatoms. The van der Waals surface area contributed by atoms with E-state index in [1.165, 1.54) is 32.9 Å². The number of para-hydroxylation sites is 3. The minimum atomic E-state index is -4.64. The molecule has 39 nitrogen and oxygen atoms in total. The first kappa shape index (κ1) is 124. The Bertz CT molecular complexity index is 5460. The summed E-state index contributed by atoms with van der Waals surface area (Å²) in [5.41, 5.74) is 0.345. The number of nitrogens with two attached hydrogens (primary N) is 1. The van der Waals surface area contributed by atoms with Gasteiger partial charge in [-0.15, -0.1) is 35.3 Å². The summed E-state index contributed by atoms with van der Waals surface area (Å²) >= 11 is 16.1. The molecule has 11 rings (SSSR count). The van der Waals surface area contributed by atoms with E-state index in [4.69, 9.17) is 102 Å². The molecule has 8 heterocycles. The van der Waals surface area contributed by atoms with Crippen LogP contribution in [0.15, 0.2) is 223 Å². The van der Waals surface area contributed by atoms with Crippen LogP contribution in [0.4, 0.5) is 35.1 Å². The Morgan fingerprint density at radius 1 is 0.493 bits per heavy atom. The van der Waals surface area contributed by atoms with Gasteiger partial charge in [0.1, 0.15) is 61.8 Å². The fourth-order valence-electron chi connectivity index (χ4n) is 12.8. The van der Waals surface area contributed by atoms with Crippen LogP contribution in [-0.4, -0.2) is 254 Å². The highest BCUT2D eigenvalue weighted by molar-refractivity contribution is 8.05. The molecule has 782 valence electrons. The fourth-order valence-corrected chi connectivity index (χ4v) is 16.9. The number of aromatic nitrogens is 2. The maximum atomic E-state index is 16.0. The number of amides is 3. The number of nitrogens with zero attached hydrogens (tertiary/aromatic N) is 4. The summed E-state index contributed by atoms with van der Waals surface area (Å²) in [6.45, 7) is 19.9. The number of ether oxygens (including phenoxy) is 7. The Kier molecular flexibility index (Phi) is 46.2. The maximum absolute atomic E-state index is 16.0. The number of ketones is 3. The lowest BCUT2D eigenvalue weighted by molar-refractivity contribution is -0.213. The van der Waals surface area contributed by atoms with Gasteiger partial charge in [-0.2, -0.15) is 5.09 Å². The van der Waals surface area contributed by atoms with Crippen LogP contribution in [0, 0.1) is 5.92 Å². The number of aliphatic hydroxyl groups is 6. The van der Waals surface area contributed by atoms with Crippen LogP contribution in [0.25, 0.3) is 0 Å². The van der Waals surface area contributed by atoms with E-state index in [2.05, 4.69) is 63.9 Å². The number of H-pyrrole nitrogens is 1. The molecule has 142 heavy (non-hydrogen) atoms. The third-order valence-electron chi connectivity index (χ3n) is 19.6. The van der Waals surface area contributed by atoms with Crippen molar-refractivity contribution < 1.29 is 174 Å². The van der Waals surface area contributed by atoms with Crippen molar-refractivity contribution in [2.24, 2.45) is 11.7 Å². The fraction of sp³-hybridized carbons (Fsp3) is 0.443. The molecule has 0 spiro atoms. The van der Waals surface area contributed by atoms with Gasteiger partial charge in [-0.3, -0.25) is 76.7 Å². The van der Waals surface area contributed by atoms with Gasteiger partial charge in [-0.25, -0.2) is 58.7 Å². The molecule has 4 fully saturated rings. The van der Waals surface area contributed by atoms with Gasteiger partial charge < -0.3 is 83.1 Å². The van der Waals surface area contributed by atoms with Gasteiger partial charge in [-0.05, 0) is 123 Å². The third-order valence-corrected chi connectivity index (χ3v) is 23.7. The SMILES string of the molecule is C=C=C[C@]1(F)[C@H](N2C=CC(=O)CC2=O)O[C@](F)(CO)[C@H]1C.C=C=C[C@]1(F)[C@H](N2C=CC(=O)CC2=O)O[C@](F)(CO)[C@H]1O.C=C=C[C@]1(F)[C@H](N2C=CC(=O)CC2=O)O[C@](F)(CO)[C@H]1O.C=C=C[C@]1(F)[C@H](n2ccc(=O)[nH]c2=O)O[C@](F)(COP(=O)(N[C@@H](C)C(=O)OC(C)C)Oc2ccccc2)[C@H]1O.CC(C)OC(=O)[C@H](C)N.CC(C)OC(=O)[C@H](C)NP(=O)(Cl)Oc1ccccc1.Cl.O=P(Cl)(Cl)Oc1ccccc1. The van der Waals surface area contributed by atoms with Gasteiger partial charge in [0, 0.05) is 82.8 Å². The van der Waals surface area contributed by atoms with E-state index in [-0.39, 0.29) is 36.3 Å². The summed E-state index contributed by atoms with van der Waals surface area (Å²) in [5.74, 6) is -18.4. The number of halogens is 12. The van der Waals surface area contributed by atoms with Crippen molar-refractivity contribution in [3.8, 4) is 17.2 Å². The largest absolute Gasteiger partial charge is 0.462 e. The Balaban J connectivity index is 0.000000360. The average Bonchev–Trinajstić information content (AvgIpc) is 1.60. The highest BCUT2D eigenvalue weighted by atomic mass is 35.9. The number of carbonyl (C=O) groups is 9. The van der Waals surface area contributed by atoms with Crippen molar-refractivity contribution in [3.63, 3.8) is 0 Å². The standard InChI is InChI=1S/C24H28F2N3O9P.C14H15F2NO4.2C13H13F2NO5.C12H17ClNO4P.C6H5Cl2O2P.C6H13NO2.ClH/c1-5-12-23(25)20(32)24(26,37-21(23)29-13-11-18(30)27-22(29)33)14-35-39(34,38-17-9-7-6-8-10-17)28-16(4)19(31)36-15(2)3;1-3-5-13(15)9(2)14(16,8-18)21-12(13)17-6-4-10(19)7-11(17)20;2*1-2-4-12(14)10(20)13(15,7-17)21-11(12)16-5-3-8(18)6-9(16)19;1-9(2)17-12(15)10(3)14-19(13,16)18-11-7-5-4-6-8-11;7-11(8,9)10-6-4-2-1-3-5-6;1-4(2)9-6(8)5(3)7;/h6-13,15-16,20-21,32H,1,14H2,2-4H3,(H,28,34)(H,27,30,33);4-6,9,12,18H,1,7-8H2,2H3;2*3-5,10-11,17,20H,1,6-7H2;4-10H,1-3H3,(H,14,16);1-5H;4-5H,7H2,1-3H3;1H/t16-,20-,21+,23+,24+,39?;9-,12+,13+,14+;2*10-,11+,12+,13+;10-,19?;;5-;/m00000.0./s1.